The summed E-state index contributed by atoms with van der Waals surface area (Å²) in [4.78, 5) is 34.0. The molecule has 0 aliphatic heterocycles. The molecule has 18 heavy (non-hydrogen) atoms. The van der Waals surface area contributed by atoms with E-state index < -0.39 is 17.4 Å². The van der Waals surface area contributed by atoms with Crippen LogP contribution in [0.4, 0.5) is 5.69 Å². The van der Waals surface area contributed by atoms with Crippen LogP contribution in [0.2, 0.25) is 0 Å². The summed E-state index contributed by atoms with van der Waals surface area (Å²) in [6, 6.07) is 8.54. The number of ether oxygens (including phenoxy) is 1. The van der Waals surface area contributed by atoms with Crippen molar-refractivity contribution in [1.29, 1.82) is 0 Å². The van der Waals surface area contributed by atoms with Gasteiger partial charge in [0, 0.05) is 19.7 Å². The molecule has 2 amide bonds. The Morgan fingerprint density at radius 2 is 1.89 bits per heavy atom. The van der Waals surface area contributed by atoms with Crippen molar-refractivity contribution in [2.24, 2.45) is 0 Å². The SMILES string of the molecule is COC(NC=O)(C(C)=O)C(=O)Nc1ccccc1. The van der Waals surface area contributed by atoms with E-state index in [2.05, 4.69) is 10.6 Å². The number of carbonyl (C=O) groups is 3. The average molecular weight is 250 g/mol. The second kappa shape index (κ2) is 5.92. The van der Waals surface area contributed by atoms with Crippen molar-refractivity contribution in [3.8, 4) is 0 Å². The van der Waals surface area contributed by atoms with Crippen molar-refractivity contribution >= 4 is 23.8 Å². The molecule has 0 heterocycles. The summed E-state index contributed by atoms with van der Waals surface area (Å²) in [7, 11) is 1.17. The van der Waals surface area contributed by atoms with Gasteiger partial charge in [-0.3, -0.25) is 14.4 Å². The number of ketones is 1. The molecule has 0 aliphatic rings. The van der Waals surface area contributed by atoms with Gasteiger partial charge < -0.3 is 15.4 Å². The summed E-state index contributed by atoms with van der Waals surface area (Å²) in [5.74, 6) is -1.37. The van der Waals surface area contributed by atoms with E-state index in [1.165, 1.54) is 7.11 Å². The zero-order chi connectivity index (χ0) is 13.6. The molecule has 0 saturated heterocycles. The molecule has 96 valence electrons. The Balaban J connectivity index is 2.96. The van der Waals surface area contributed by atoms with E-state index in [1.807, 2.05) is 0 Å². The van der Waals surface area contributed by atoms with E-state index in [-0.39, 0.29) is 6.41 Å². The first-order chi connectivity index (χ1) is 8.56. The molecular weight excluding hydrogens is 236 g/mol. The molecular formula is C12H14N2O4. The molecule has 0 aromatic heterocycles. The molecule has 1 unspecified atom stereocenters. The molecule has 0 radical (unpaired) electrons. The molecule has 1 aromatic rings. The Labute approximate surface area is 104 Å². The number of nitrogens with one attached hydrogen (secondary N) is 2. The number of para-hydroxylation sites is 1. The number of amides is 2. The topological polar surface area (TPSA) is 84.5 Å². The van der Waals surface area contributed by atoms with Gasteiger partial charge in [-0.05, 0) is 12.1 Å². The second-order valence-electron chi connectivity index (χ2n) is 3.52. The van der Waals surface area contributed by atoms with Gasteiger partial charge in [-0.1, -0.05) is 18.2 Å². The first kappa shape index (κ1) is 13.9. The van der Waals surface area contributed by atoms with Crippen LogP contribution in [0, 0.1) is 0 Å². The summed E-state index contributed by atoms with van der Waals surface area (Å²) in [6.07, 6.45) is 0.246. The highest BCUT2D eigenvalue weighted by Crippen LogP contribution is 2.13. The fourth-order valence-electron chi connectivity index (χ4n) is 1.45. The summed E-state index contributed by atoms with van der Waals surface area (Å²) >= 11 is 0. The molecule has 1 aromatic carbocycles. The highest BCUT2D eigenvalue weighted by molar-refractivity contribution is 6.14. The highest BCUT2D eigenvalue weighted by Gasteiger charge is 2.43. The number of methoxy groups -OCH3 is 1. The lowest BCUT2D eigenvalue weighted by Gasteiger charge is -2.27. The maximum Gasteiger partial charge on any atom is 0.285 e. The molecule has 0 saturated carbocycles. The number of rotatable bonds is 6. The van der Waals surface area contributed by atoms with Crippen LogP contribution in [0.1, 0.15) is 6.92 Å². The van der Waals surface area contributed by atoms with Gasteiger partial charge in [-0.15, -0.1) is 0 Å². The van der Waals surface area contributed by atoms with Crippen LogP contribution in [0.15, 0.2) is 30.3 Å². The lowest BCUT2D eigenvalue weighted by atomic mass is 10.1. The van der Waals surface area contributed by atoms with Gasteiger partial charge in [0.05, 0.1) is 0 Å². The number of Topliss-reactive ketones (excluding diaryl/α,β-unsaturated/α-hetero) is 1. The second-order valence-corrected chi connectivity index (χ2v) is 3.52. The van der Waals surface area contributed by atoms with Crippen molar-refractivity contribution in [1.82, 2.24) is 5.32 Å². The van der Waals surface area contributed by atoms with Crippen LogP contribution in [-0.2, 0) is 19.1 Å². The third kappa shape index (κ3) is 2.72. The number of hydrogen-bond donors (Lipinski definition) is 2. The molecule has 6 nitrogen and oxygen atoms in total. The third-order valence-corrected chi connectivity index (χ3v) is 2.42. The third-order valence-electron chi connectivity index (χ3n) is 2.42. The molecule has 0 bridgehead atoms. The predicted molar refractivity (Wildman–Crippen MR) is 64.7 cm³/mol. The van der Waals surface area contributed by atoms with Gasteiger partial charge in [0.15, 0.2) is 5.78 Å². The molecule has 1 rings (SSSR count). The van der Waals surface area contributed by atoms with Gasteiger partial charge in [0.25, 0.3) is 11.6 Å². The Morgan fingerprint density at radius 1 is 1.28 bits per heavy atom. The minimum absolute atomic E-state index is 0.246. The Bertz CT molecular complexity index is 447. The lowest BCUT2D eigenvalue weighted by Crippen LogP contribution is -2.60. The van der Waals surface area contributed by atoms with E-state index in [4.69, 9.17) is 4.74 Å². The smallest absolute Gasteiger partial charge is 0.285 e. The Kier molecular flexibility index (Phi) is 4.56. The molecule has 6 heteroatoms. The highest BCUT2D eigenvalue weighted by atomic mass is 16.5. The molecule has 2 N–H and O–H groups in total. The van der Waals surface area contributed by atoms with Crippen molar-refractivity contribution in [2.75, 3.05) is 12.4 Å². The molecule has 0 spiro atoms. The van der Waals surface area contributed by atoms with Gasteiger partial charge >= 0.3 is 0 Å². The number of anilines is 1. The lowest BCUT2D eigenvalue weighted by molar-refractivity contribution is -0.157. The first-order valence-corrected chi connectivity index (χ1v) is 5.21. The summed E-state index contributed by atoms with van der Waals surface area (Å²) in [5, 5.41) is 4.59. The average Bonchev–Trinajstić information content (AvgIpc) is 2.36. The minimum Gasteiger partial charge on any atom is -0.345 e. The first-order valence-electron chi connectivity index (χ1n) is 5.21. The van der Waals surface area contributed by atoms with Gasteiger partial charge in [0.2, 0.25) is 6.41 Å². The number of carbonyl (C=O) groups excluding carboxylic acids is 3. The van der Waals surface area contributed by atoms with Gasteiger partial charge in [0.1, 0.15) is 0 Å². The summed E-state index contributed by atoms with van der Waals surface area (Å²) in [5.41, 5.74) is -1.50. The monoisotopic (exact) mass is 250 g/mol. The van der Waals surface area contributed by atoms with E-state index in [9.17, 15) is 14.4 Å². The maximum absolute atomic E-state index is 12.0. The van der Waals surface area contributed by atoms with Crippen LogP contribution in [-0.4, -0.2) is 30.9 Å². The molecule has 1 atom stereocenters. The minimum atomic E-state index is -2.00. The largest absolute Gasteiger partial charge is 0.345 e. The van der Waals surface area contributed by atoms with Crippen molar-refractivity contribution in [3.05, 3.63) is 30.3 Å². The van der Waals surface area contributed by atoms with Crippen LogP contribution in [0.5, 0.6) is 0 Å². The summed E-state index contributed by atoms with van der Waals surface area (Å²) in [6.45, 7) is 1.16. The standard InChI is InChI=1S/C12H14N2O4/c1-9(16)12(18-2,13-8-15)11(17)14-10-6-4-3-5-7-10/h3-8H,1-2H3,(H,13,15)(H,14,17). The van der Waals surface area contributed by atoms with Crippen molar-refractivity contribution in [3.63, 3.8) is 0 Å². The zero-order valence-electron chi connectivity index (χ0n) is 10.1. The maximum atomic E-state index is 12.0. The fourth-order valence-corrected chi connectivity index (χ4v) is 1.45. The van der Waals surface area contributed by atoms with Gasteiger partial charge in [-0.2, -0.15) is 0 Å². The van der Waals surface area contributed by atoms with Crippen LogP contribution < -0.4 is 10.6 Å². The molecule has 0 fully saturated rings. The fraction of sp³-hybridized carbons (Fsp3) is 0.250. The van der Waals surface area contributed by atoms with Crippen molar-refractivity contribution in [2.45, 2.75) is 12.6 Å². The van der Waals surface area contributed by atoms with Crippen LogP contribution in [0.25, 0.3) is 0 Å². The van der Waals surface area contributed by atoms with Crippen LogP contribution >= 0.6 is 0 Å². The Morgan fingerprint density at radius 3 is 2.33 bits per heavy atom. The summed E-state index contributed by atoms with van der Waals surface area (Å²) < 4.78 is 4.87. The molecule has 0 aliphatic carbocycles. The van der Waals surface area contributed by atoms with Crippen LogP contribution in [0.3, 0.4) is 0 Å². The number of hydrogen-bond acceptors (Lipinski definition) is 4. The quantitative estimate of drug-likeness (QED) is 0.432. The van der Waals surface area contributed by atoms with E-state index >= 15 is 0 Å². The van der Waals surface area contributed by atoms with E-state index in [0.717, 1.165) is 6.92 Å². The normalized spacial score (nSPS) is 13.2. The van der Waals surface area contributed by atoms with Crippen molar-refractivity contribution < 1.29 is 19.1 Å². The number of benzene rings is 1. The zero-order valence-corrected chi connectivity index (χ0v) is 10.1. The van der Waals surface area contributed by atoms with E-state index in [1.54, 1.807) is 30.3 Å². The Hall–Kier alpha value is -2.21. The van der Waals surface area contributed by atoms with Gasteiger partial charge in [-0.25, -0.2) is 0 Å². The predicted octanol–water partition coefficient (Wildman–Crippen LogP) is 0.303. The van der Waals surface area contributed by atoms with E-state index in [0.29, 0.717) is 5.69 Å².